The zero-order chi connectivity index (χ0) is 12.0. The first-order valence-electron chi connectivity index (χ1n) is 6.00. The van der Waals surface area contributed by atoms with E-state index in [1.165, 1.54) is 12.8 Å². The van der Waals surface area contributed by atoms with Gasteiger partial charge in [0.25, 0.3) is 0 Å². The van der Waals surface area contributed by atoms with Crippen molar-refractivity contribution in [1.29, 1.82) is 0 Å². The van der Waals surface area contributed by atoms with Crippen LogP contribution in [0.25, 0.3) is 0 Å². The summed E-state index contributed by atoms with van der Waals surface area (Å²) in [6, 6.07) is 0. The average Bonchev–Trinajstić information content (AvgIpc) is 2.64. The van der Waals surface area contributed by atoms with Crippen molar-refractivity contribution in [2.75, 3.05) is 0 Å². The van der Waals surface area contributed by atoms with E-state index in [2.05, 4.69) is 41.8 Å². The van der Waals surface area contributed by atoms with Crippen molar-refractivity contribution < 1.29 is 4.74 Å². The van der Waals surface area contributed by atoms with Gasteiger partial charge in [0, 0.05) is 12.7 Å². The van der Waals surface area contributed by atoms with Gasteiger partial charge in [0.1, 0.15) is 5.69 Å². The lowest BCUT2D eigenvalue weighted by Gasteiger charge is -2.08. The zero-order valence-corrected chi connectivity index (χ0v) is 12.0. The number of aryl methyl sites for hydroxylation is 1. The van der Waals surface area contributed by atoms with Crippen LogP contribution in [0.2, 0.25) is 0 Å². The first kappa shape index (κ1) is 13.7. The van der Waals surface area contributed by atoms with Crippen molar-refractivity contribution in [1.82, 2.24) is 9.78 Å². The van der Waals surface area contributed by atoms with Crippen molar-refractivity contribution in [2.24, 2.45) is 0 Å². The molecular weight excluding hydrogens is 268 g/mol. The highest BCUT2D eigenvalue weighted by Gasteiger charge is 2.08. The van der Waals surface area contributed by atoms with E-state index < -0.39 is 0 Å². The van der Waals surface area contributed by atoms with Crippen molar-refractivity contribution in [3.05, 3.63) is 16.4 Å². The molecular formula is C12H21BrN2O. The molecule has 0 spiro atoms. The second-order valence-corrected chi connectivity index (χ2v) is 4.92. The normalized spacial score (nSPS) is 13.0. The van der Waals surface area contributed by atoms with Gasteiger partial charge < -0.3 is 4.74 Å². The van der Waals surface area contributed by atoms with Gasteiger partial charge in [-0.25, -0.2) is 0 Å². The fraction of sp³-hybridized carbons (Fsp3) is 0.750. The first-order valence-corrected chi connectivity index (χ1v) is 6.80. The average molecular weight is 289 g/mol. The topological polar surface area (TPSA) is 27.1 Å². The number of ether oxygens (including phenoxy) is 1. The summed E-state index contributed by atoms with van der Waals surface area (Å²) in [7, 11) is 0. The van der Waals surface area contributed by atoms with Crippen molar-refractivity contribution >= 4 is 15.9 Å². The Morgan fingerprint density at radius 3 is 2.88 bits per heavy atom. The van der Waals surface area contributed by atoms with Crippen molar-refractivity contribution in [3.63, 3.8) is 0 Å². The van der Waals surface area contributed by atoms with Gasteiger partial charge in [-0.05, 0) is 35.7 Å². The molecule has 92 valence electrons. The van der Waals surface area contributed by atoms with E-state index >= 15 is 0 Å². The second kappa shape index (κ2) is 7.07. The fourth-order valence-corrected chi connectivity index (χ4v) is 1.74. The van der Waals surface area contributed by atoms with Crippen molar-refractivity contribution in [3.8, 4) is 0 Å². The predicted molar refractivity (Wildman–Crippen MR) is 69.4 cm³/mol. The van der Waals surface area contributed by atoms with Crippen LogP contribution in [0.5, 0.6) is 0 Å². The molecule has 1 aromatic heterocycles. The summed E-state index contributed by atoms with van der Waals surface area (Å²) in [6.45, 7) is 7.97. The summed E-state index contributed by atoms with van der Waals surface area (Å²) in [4.78, 5) is 0. The molecule has 16 heavy (non-hydrogen) atoms. The molecule has 0 unspecified atom stereocenters. The van der Waals surface area contributed by atoms with Crippen LogP contribution in [-0.4, -0.2) is 15.9 Å². The van der Waals surface area contributed by atoms with Gasteiger partial charge in [-0.3, -0.25) is 4.68 Å². The summed E-state index contributed by atoms with van der Waals surface area (Å²) < 4.78 is 8.71. The molecule has 1 heterocycles. The van der Waals surface area contributed by atoms with E-state index in [4.69, 9.17) is 4.74 Å². The maximum atomic E-state index is 5.67. The maximum Gasteiger partial charge on any atom is 0.102 e. The molecule has 1 atom stereocenters. The maximum absolute atomic E-state index is 5.67. The Labute approximate surface area is 106 Å². The van der Waals surface area contributed by atoms with Crippen LogP contribution < -0.4 is 0 Å². The standard InChI is InChI=1S/C12H21BrN2O/c1-4-6-7-15-8-11(13)12(14-15)9-16-10(3)5-2/h8,10H,4-7,9H2,1-3H3/t10-/m1/s1. The Balaban J connectivity index is 2.49. The van der Waals surface area contributed by atoms with Crippen LogP contribution >= 0.6 is 15.9 Å². The number of halogens is 1. The molecule has 0 N–H and O–H groups in total. The molecule has 0 bridgehead atoms. The van der Waals surface area contributed by atoms with E-state index in [0.29, 0.717) is 12.7 Å². The van der Waals surface area contributed by atoms with Crippen molar-refractivity contribution in [2.45, 2.75) is 59.3 Å². The Hall–Kier alpha value is -0.350. The number of unbranched alkanes of at least 4 members (excludes halogenated alkanes) is 1. The molecule has 0 saturated carbocycles. The monoisotopic (exact) mass is 288 g/mol. The highest BCUT2D eigenvalue weighted by atomic mass is 79.9. The molecule has 0 amide bonds. The van der Waals surface area contributed by atoms with Crippen LogP contribution in [0.4, 0.5) is 0 Å². The largest absolute Gasteiger partial charge is 0.372 e. The molecule has 0 fully saturated rings. The van der Waals surface area contributed by atoms with Gasteiger partial charge in [0.15, 0.2) is 0 Å². The van der Waals surface area contributed by atoms with E-state index in [-0.39, 0.29) is 0 Å². The van der Waals surface area contributed by atoms with Crippen LogP contribution in [0, 0.1) is 0 Å². The van der Waals surface area contributed by atoms with Crippen LogP contribution in [0.1, 0.15) is 45.7 Å². The second-order valence-electron chi connectivity index (χ2n) is 4.07. The van der Waals surface area contributed by atoms with Crippen LogP contribution in [0.15, 0.2) is 10.7 Å². The molecule has 1 aromatic rings. The molecule has 1 rings (SSSR count). The first-order chi connectivity index (χ1) is 7.67. The molecule has 0 aliphatic carbocycles. The van der Waals surface area contributed by atoms with Gasteiger partial charge in [-0.15, -0.1) is 0 Å². The van der Waals surface area contributed by atoms with E-state index in [9.17, 15) is 0 Å². The highest BCUT2D eigenvalue weighted by Crippen LogP contribution is 2.17. The third-order valence-electron chi connectivity index (χ3n) is 2.61. The highest BCUT2D eigenvalue weighted by molar-refractivity contribution is 9.10. The minimum absolute atomic E-state index is 0.299. The fourth-order valence-electron chi connectivity index (χ4n) is 1.31. The summed E-state index contributed by atoms with van der Waals surface area (Å²) in [5, 5.41) is 4.50. The predicted octanol–water partition coefficient (Wildman–Crippen LogP) is 3.76. The lowest BCUT2D eigenvalue weighted by Crippen LogP contribution is -2.07. The van der Waals surface area contributed by atoms with E-state index in [1.807, 2.05) is 10.9 Å². The number of hydrogen-bond donors (Lipinski definition) is 0. The molecule has 0 aliphatic heterocycles. The summed E-state index contributed by atoms with van der Waals surface area (Å²) in [5.41, 5.74) is 0.997. The van der Waals surface area contributed by atoms with Gasteiger partial charge in [0.05, 0.1) is 17.2 Å². The van der Waals surface area contributed by atoms with E-state index in [1.54, 1.807) is 0 Å². The Kier molecular flexibility index (Phi) is 6.06. The minimum atomic E-state index is 0.299. The van der Waals surface area contributed by atoms with Gasteiger partial charge in [-0.1, -0.05) is 20.3 Å². The van der Waals surface area contributed by atoms with Crippen LogP contribution in [0.3, 0.4) is 0 Å². The molecule has 4 heteroatoms. The molecule has 0 aromatic carbocycles. The summed E-state index contributed by atoms with van der Waals surface area (Å²) in [5.74, 6) is 0. The Morgan fingerprint density at radius 1 is 1.50 bits per heavy atom. The van der Waals surface area contributed by atoms with Gasteiger partial charge in [0.2, 0.25) is 0 Å². The minimum Gasteiger partial charge on any atom is -0.372 e. The molecule has 0 saturated heterocycles. The Morgan fingerprint density at radius 2 is 2.25 bits per heavy atom. The molecule has 0 radical (unpaired) electrons. The number of nitrogens with zero attached hydrogens (tertiary/aromatic N) is 2. The smallest absolute Gasteiger partial charge is 0.102 e. The zero-order valence-electron chi connectivity index (χ0n) is 10.4. The summed E-state index contributed by atoms with van der Waals surface area (Å²) >= 11 is 3.52. The quantitative estimate of drug-likeness (QED) is 0.764. The van der Waals surface area contributed by atoms with E-state index in [0.717, 1.165) is 23.1 Å². The molecule has 0 aliphatic rings. The Bertz CT molecular complexity index is 312. The molecule has 3 nitrogen and oxygen atoms in total. The van der Waals surface area contributed by atoms with Crippen LogP contribution in [-0.2, 0) is 17.9 Å². The summed E-state index contributed by atoms with van der Waals surface area (Å²) in [6.07, 6.45) is 5.72. The lowest BCUT2D eigenvalue weighted by molar-refractivity contribution is 0.0482. The van der Waals surface area contributed by atoms with Gasteiger partial charge >= 0.3 is 0 Å². The number of rotatable bonds is 7. The SMILES string of the molecule is CCCCn1cc(Br)c(CO[C@H](C)CC)n1. The van der Waals surface area contributed by atoms with Gasteiger partial charge in [-0.2, -0.15) is 5.10 Å². The number of aromatic nitrogens is 2. The number of hydrogen-bond acceptors (Lipinski definition) is 2. The third-order valence-corrected chi connectivity index (χ3v) is 3.27. The third kappa shape index (κ3) is 4.26. The lowest BCUT2D eigenvalue weighted by atomic mass is 10.3.